The molecule has 0 unspecified atom stereocenters. The van der Waals surface area contributed by atoms with Gasteiger partial charge in [0.2, 0.25) is 0 Å². The number of primary amides is 1. The molecule has 0 aliphatic carbocycles. The highest BCUT2D eigenvalue weighted by molar-refractivity contribution is 5.98. The summed E-state index contributed by atoms with van der Waals surface area (Å²) in [6.07, 6.45) is 0. The van der Waals surface area contributed by atoms with Gasteiger partial charge in [-0.15, -0.1) is 0 Å². The second-order valence-electron chi connectivity index (χ2n) is 4.06. The first kappa shape index (κ1) is 13.7. The molecule has 5 heteroatoms. The highest BCUT2D eigenvalue weighted by atomic mass is 19.1. The second-order valence-corrected chi connectivity index (χ2v) is 4.06. The molecule has 0 bridgehead atoms. The summed E-state index contributed by atoms with van der Waals surface area (Å²) in [5.41, 5.74) is 5.21. The van der Waals surface area contributed by atoms with Crippen molar-refractivity contribution in [1.29, 1.82) is 0 Å². The van der Waals surface area contributed by atoms with E-state index in [-0.39, 0.29) is 23.7 Å². The molecule has 0 aliphatic heterocycles. The van der Waals surface area contributed by atoms with Crippen LogP contribution >= 0.6 is 0 Å². The lowest BCUT2D eigenvalue weighted by Crippen LogP contribution is -2.18. The number of carbonyl (C=O) groups is 2. The van der Waals surface area contributed by atoms with Gasteiger partial charge in [0.15, 0.2) is 12.4 Å². The third-order valence-electron chi connectivity index (χ3n) is 2.68. The van der Waals surface area contributed by atoms with Crippen LogP contribution in [0.4, 0.5) is 4.39 Å². The molecule has 0 aromatic heterocycles. The number of amides is 1. The lowest BCUT2D eigenvalue weighted by Gasteiger charge is -2.09. The first-order valence-corrected chi connectivity index (χ1v) is 5.89. The fourth-order valence-corrected chi connectivity index (χ4v) is 1.71. The Balaban J connectivity index is 2.14. The molecular formula is C15H12FNO3. The Hall–Kier alpha value is -2.69. The Morgan fingerprint density at radius 3 is 2.40 bits per heavy atom. The van der Waals surface area contributed by atoms with Gasteiger partial charge in [0.05, 0.1) is 0 Å². The average Bonchev–Trinajstić information content (AvgIpc) is 2.45. The van der Waals surface area contributed by atoms with Crippen LogP contribution in [-0.2, 0) is 0 Å². The molecule has 2 N–H and O–H groups in total. The summed E-state index contributed by atoms with van der Waals surface area (Å²) >= 11 is 0. The molecule has 102 valence electrons. The van der Waals surface area contributed by atoms with Crippen molar-refractivity contribution in [3.63, 3.8) is 0 Å². The summed E-state index contributed by atoms with van der Waals surface area (Å²) in [5, 5.41) is 0. The predicted octanol–water partition coefficient (Wildman–Crippen LogP) is 2.19. The van der Waals surface area contributed by atoms with E-state index in [0.29, 0.717) is 5.56 Å². The molecule has 0 saturated heterocycles. The van der Waals surface area contributed by atoms with Crippen molar-refractivity contribution in [3.05, 3.63) is 65.5 Å². The van der Waals surface area contributed by atoms with Gasteiger partial charge in [-0.05, 0) is 12.1 Å². The first-order chi connectivity index (χ1) is 9.59. The smallest absolute Gasteiger partial charge is 0.255 e. The molecule has 0 heterocycles. The standard InChI is InChI=1S/C15H12FNO3/c16-11-7-4-8-13(14(11)15(17)19)20-9-12(18)10-5-2-1-3-6-10/h1-8H,9H2,(H2,17,19). The number of hydrogen-bond acceptors (Lipinski definition) is 3. The fraction of sp³-hybridized carbons (Fsp3) is 0.0667. The van der Waals surface area contributed by atoms with Gasteiger partial charge in [0, 0.05) is 5.56 Å². The summed E-state index contributed by atoms with van der Waals surface area (Å²) in [6.45, 7) is -0.298. The van der Waals surface area contributed by atoms with E-state index in [1.807, 2.05) is 0 Å². The molecule has 2 rings (SSSR count). The van der Waals surface area contributed by atoms with Crippen molar-refractivity contribution in [3.8, 4) is 5.75 Å². The van der Waals surface area contributed by atoms with E-state index in [2.05, 4.69) is 0 Å². The maximum Gasteiger partial charge on any atom is 0.255 e. The topological polar surface area (TPSA) is 69.4 Å². The summed E-state index contributed by atoms with van der Waals surface area (Å²) in [5.74, 6) is -2.03. The molecule has 4 nitrogen and oxygen atoms in total. The fourth-order valence-electron chi connectivity index (χ4n) is 1.71. The van der Waals surface area contributed by atoms with Crippen molar-refractivity contribution in [2.75, 3.05) is 6.61 Å². The van der Waals surface area contributed by atoms with Crippen LogP contribution < -0.4 is 10.5 Å². The Morgan fingerprint density at radius 1 is 1.05 bits per heavy atom. The molecule has 1 amide bonds. The monoisotopic (exact) mass is 273 g/mol. The molecule has 0 atom stereocenters. The SMILES string of the molecule is NC(=O)c1c(F)cccc1OCC(=O)c1ccccc1. The van der Waals surface area contributed by atoms with Crippen LogP contribution in [0.25, 0.3) is 0 Å². The van der Waals surface area contributed by atoms with Crippen LogP contribution in [0.1, 0.15) is 20.7 Å². The molecule has 0 radical (unpaired) electrons. The second kappa shape index (κ2) is 5.97. The summed E-state index contributed by atoms with van der Waals surface area (Å²) in [6, 6.07) is 12.4. The average molecular weight is 273 g/mol. The summed E-state index contributed by atoms with van der Waals surface area (Å²) in [7, 11) is 0. The van der Waals surface area contributed by atoms with Crippen LogP contribution in [0.2, 0.25) is 0 Å². The molecular weight excluding hydrogens is 261 g/mol. The van der Waals surface area contributed by atoms with Gasteiger partial charge in [0.25, 0.3) is 5.91 Å². The molecule has 20 heavy (non-hydrogen) atoms. The van der Waals surface area contributed by atoms with Gasteiger partial charge in [0.1, 0.15) is 17.1 Å². The Bertz CT molecular complexity index is 641. The van der Waals surface area contributed by atoms with Crippen LogP contribution in [0.3, 0.4) is 0 Å². The number of nitrogens with two attached hydrogens (primary N) is 1. The van der Waals surface area contributed by atoms with Crippen LogP contribution in [-0.4, -0.2) is 18.3 Å². The van der Waals surface area contributed by atoms with E-state index in [1.54, 1.807) is 30.3 Å². The zero-order chi connectivity index (χ0) is 14.5. The van der Waals surface area contributed by atoms with Crippen molar-refractivity contribution in [2.24, 2.45) is 5.73 Å². The minimum absolute atomic E-state index is 0.0400. The third kappa shape index (κ3) is 3.00. The quantitative estimate of drug-likeness (QED) is 0.849. The predicted molar refractivity (Wildman–Crippen MR) is 71.2 cm³/mol. The summed E-state index contributed by atoms with van der Waals surface area (Å²) < 4.78 is 18.7. The molecule has 2 aromatic carbocycles. The molecule has 0 spiro atoms. The van der Waals surface area contributed by atoms with Crippen LogP contribution in [0.5, 0.6) is 5.75 Å². The number of carbonyl (C=O) groups excluding carboxylic acids is 2. The normalized spacial score (nSPS) is 10.1. The van der Waals surface area contributed by atoms with Crippen molar-refractivity contribution in [2.45, 2.75) is 0 Å². The van der Waals surface area contributed by atoms with Gasteiger partial charge in [-0.25, -0.2) is 4.39 Å². The van der Waals surface area contributed by atoms with Crippen molar-refractivity contribution < 1.29 is 18.7 Å². The lowest BCUT2D eigenvalue weighted by atomic mass is 10.1. The molecule has 2 aromatic rings. The maximum absolute atomic E-state index is 13.5. The van der Waals surface area contributed by atoms with E-state index < -0.39 is 11.7 Å². The van der Waals surface area contributed by atoms with Crippen molar-refractivity contribution >= 4 is 11.7 Å². The van der Waals surface area contributed by atoms with Crippen molar-refractivity contribution in [1.82, 2.24) is 0 Å². The highest BCUT2D eigenvalue weighted by Gasteiger charge is 2.16. The number of rotatable bonds is 5. The summed E-state index contributed by atoms with van der Waals surface area (Å²) in [4.78, 5) is 23.0. The van der Waals surface area contributed by atoms with E-state index in [9.17, 15) is 14.0 Å². The number of halogens is 1. The maximum atomic E-state index is 13.5. The van der Waals surface area contributed by atoms with Gasteiger partial charge in [-0.2, -0.15) is 0 Å². The molecule has 0 saturated carbocycles. The molecule has 0 fully saturated rings. The van der Waals surface area contributed by atoms with Gasteiger partial charge in [-0.1, -0.05) is 36.4 Å². The zero-order valence-electron chi connectivity index (χ0n) is 10.5. The van der Waals surface area contributed by atoms with Gasteiger partial charge in [-0.3, -0.25) is 9.59 Å². The Kier molecular flexibility index (Phi) is 4.10. The van der Waals surface area contributed by atoms with E-state index >= 15 is 0 Å². The minimum Gasteiger partial charge on any atom is -0.484 e. The minimum atomic E-state index is -0.940. The largest absolute Gasteiger partial charge is 0.484 e. The number of Topliss-reactive ketones (excluding diaryl/α,β-unsaturated/α-hetero) is 1. The van der Waals surface area contributed by atoms with E-state index in [1.165, 1.54) is 12.1 Å². The first-order valence-electron chi connectivity index (χ1n) is 5.89. The molecule has 0 aliphatic rings. The van der Waals surface area contributed by atoms with Gasteiger partial charge < -0.3 is 10.5 Å². The third-order valence-corrected chi connectivity index (χ3v) is 2.68. The van der Waals surface area contributed by atoms with E-state index in [4.69, 9.17) is 10.5 Å². The van der Waals surface area contributed by atoms with Crippen LogP contribution in [0, 0.1) is 5.82 Å². The highest BCUT2D eigenvalue weighted by Crippen LogP contribution is 2.21. The Morgan fingerprint density at radius 2 is 1.75 bits per heavy atom. The van der Waals surface area contributed by atoms with Gasteiger partial charge >= 0.3 is 0 Å². The zero-order valence-corrected chi connectivity index (χ0v) is 10.5. The van der Waals surface area contributed by atoms with E-state index in [0.717, 1.165) is 6.07 Å². The number of ketones is 1. The lowest BCUT2D eigenvalue weighted by molar-refractivity contribution is 0.0911. The number of benzene rings is 2. The number of hydrogen-bond donors (Lipinski definition) is 1. The Labute approximate surface area is 115 Å². The number of ether oxygens (including phenoxy) is 1. The van der Waals surface area contributed by atoms with Crippen LogP contribution in [0.15, 0.2) is 48.5 Å².